The Balaban J connectivity index is 3.02. The van der Waals surface area contributed by atoms with E-state index in [4.69, 9.17) is 14.6 Å². The van der Waals surface area contributed by atoms with Gasteiger partial charge in [-0.05, 0) is 30.9 Å². The van der Waals surface area contributed by atoms with Crippen LogP contribution in [-0.2, 0) is 10.0 Å². The molecule has 1 aromatic carbocycles. The van der Waals surface area contributed by atoms with Crippen molar-refractivity contribution < 1.29 is 23.0 Å². The summed E-state index contributed by atoms with van der Waals surface area (Å²) in [6.07, 6.45) is 0.549. The molecule has 0 radical (unpaired) electrons. The molecule has 0 spiro atoms. The second-order valence-corrected chi connectivity index (χ2v) is 6.68. The molecule has 1 rings (SSSR count). The van der Waals surface area contributed by atoms with Gasteiger partial charge >= 0.3 is 0 Å². The normalized spacial score (nSPS) is 13.0. The summed E-state index contributed by atoms with van der Waals surface area (Å²) in [5.74, 6) is 0.916. The average Bonchev–Trinajstić information content (AvgIpc) is 2.45. The van der Waals surface area contributed by atoms with Crippen LogP contribution in [0, 0.1) is 12.8 Å². The fourth-order valence-corrected chi connectivity index (χ4v) is 3.31. The van der Waals surface area contributed by atoms with E-state index < -0.39 is 10.0 Å². The largest absolute Gasteiger partial charge is 0.493 e. The highest BCUT2D eigenvalue weighted by Crippen LogP contribution is 2.32. The van der Waals surface area contributed by atoms with Gasteiger partial charge in [0.05, 0.1) is 19.1 Å². The second-order valence-electron chi connectivity index (χ2n) is 4.94. The Labute approximate surface area is 126 Å². The van der Waals surface area contributed by atoms with E-state index in [1.807, 2.05) is 6.92 Å². The zero-order valence-electron chi connectivity index (χ0n) is 12.8. The monoisotopic (exact) mass is 317 g/mol. The van der Waals surface area contributed by atoms with E-state index in [9.17, 15) is 8.42 Å². The predicted octanol–water partition coefficient (Wildman–Crippen LogP) is 1.31. The number of aryl methyl sites for hydroxylation is 1. The van der Waals surface area contributed by atoms with E-state index in [-0.39, 0.29) is 24.0 Å². The first kappa shape index (κ1) is 17.7. The summed E-state index contributed by atoms with van der Waals surface area (Å²) < 4.78 is 37.6. The molecule has 0 amide bonds. The Kier molecular flexibility index (Phi) is 6.44. The average molecular weight is 317 g/mol. The second kappa shape index (κ2) is 7.63. The van der Waals surface area contributed by atoms with E-state index in [0.717, 1.165) is 0 Å². The molecule has 0 aromatic heterocycles. The highest BCUT2D eigenvalue weighted by Gasteiger charge is 2.20. The fourth-order valence-electron chi connectivity index (χ4n) is 1.90. The number of hydrogen-bond donors (Lipinski definition) is 2. The lowest BCUT2D eigenvalue weighted by Crippen LogP contribution is -2.29. The molecule has 1 unspecified atom stereocenters. The fraction of sp³-hybridized carbons (Fsp3) is 0.571. The summed E-state index contributed by atoms with van der Waals surface area (Å²) in [6.45, 7) is 3.89. The van der Waals surface area contributed by atoms with Crippen molar-refractivity contribution in [1.29, 1.82) is 0 Å². The van der Waals surface area contributed by atoms with Crippen molar-refractivity contribution in [3.8, 4) is 11.5 Å². The van der Waals surface area contributed by atoms with Crippen molar-refractivity contribution in [3.05, 3.63) is 17.7 Å². The maximum Gasteiger partial charge on any atom is 0.240 e. The van der Waals surface area contributed by atoms with Gasteiger partial charge in [0, 0.05) is 19.2 Å². The SMILES string of the molecule is COc1cc(C)c(S(=O)(=O)NCC(C)CCO)cc1OC. The molecule has 0 bridgehead atoms. The summed E-state index contributed by atoms with van der Waals surface area (Å²) in [4.78, 5) is 0.163. The number of sulfonamides is 1. The molecule has 0 aliphatic rings. The minimum Gasteiger partial charge on any atom is -0.493 e. The van der Waals surface area contributed by atoms with Gasteiger partial charge in [-0.2, -0.15) is 0 Å². The lowest BCUT2D eigenvalue weighted by molar-refractivity contribution is 0.263. The molecule has 0 aliphatic carbocycles. The third kappa shape index (κ3) is 4.59. The quantitative estimate of drug-likeness (QED) is 0.755. The standard InChI is InChI=1S/C14H23NO5S/c1-10(5-6-16)9-15-21(17,18)14-8-13(20-4)12(19-3)7-11(14)2/h7-8,10,15-16H,5-6,9H2,1-4H3. The van der Waals surface area contributed by atoms with E-state index in [2.05, 4.69) is 4.72 Å². The summed E-state index contributed by atoms with van der Waals surface area (Å²) >= 11 is 0. The molecule has 6 nitrogen and oxygen atoms in total. The lowest BCUT2D eigenvalue weighted by Gasteiger charge is -2.15. The van der Waals surface area contributed by atoms with E-state index in [1.165, 1.54) is 20.3 Å². The Hall–Kier alpha value is -1.31. The summed E-state index contributed by atoms with van der Waals surface area (Å²) in [5, 5.41) is 8.85. The Morgan fingerprint density at radius 3 is 2.33 bits per heavy atom. The van der Waals surface area contributed by atoms with Gasteiger partial charge in [-0.25, -0.2) is 13.1 Å². The number of rotatable bonds is 8. The maximum absolute atomic E-state index is 12.4. The summed E-state index contributed by atoms with van der Waals surface area (Å²) in [6, 6.07) is 3.08. The molecular formula is C14H23NO5S. The minimum absolute atomic E-state index is 0.0400. The number of hydrogen-bond acceptors (Lipinski definition) is 5. The lowest BCUT2D eigenvalue weighted by atomic mass is 10.1. The molecule has 0 saturated carbocycles. The third-order valence-electron chi connectivity index (χ3n) is 3.21. The molecule has 120 valence electrons. The van der Waals surface area contributed by atoms with Crippen molar-refractivity contribution in [2.45, 2.75) is 25.2 Å². The first-order valence-electron chi connectivity index (χ1n) is 6.68. The van der Waals surface area contributed by atoms with Crippen LogP contribution in [0.5, 0.6) is 11.5 Å². The Morgan fingerprint density at radius 1 is 1.24 bits per heavy atom. The predicted molar refractivity (Wildman–Crippen MR) is 80.3 cm³/mol. The molecule has 0 saturated heterocycles. The van der Waals surface area contributed by atoms with Gasteiger partial charge in [0.1, 0.15) is 0 Å². The van der Waals surface area contributed by atoms with Crippen LogP contribution in [0.1, 0.15) is 18.9 Å². The maximum atomic E-state index is 12.4. The summed E-state index contributed by atoms with van der Waals surface area (Å²) in [7, 11) is -0.670. The number of aliphatic hydroxyl groups excluding tert-OH is 1. The van der Waals surface area contributed by atoms with Crippen LogP contribution in [0.2, 0.25) is 0 Å². The van der Waals surface area contributed by atoms with Gasteiger partial charge in [-0.15, -0.1) is 0 Å². The van der Waals surface area contributed by atoms with Crippen molar-refractivity contribution >= 4 is 10.0 Å². The Morgan fingerprint density at radius 2 is 1.81 bits per heavy atom. The van der Waals surface area contributed by atoms with Crippen molar-refractivity contribution in [2.24, 2.45) is 5.92 Å². The van der Waals surface area contributed by atoms with Crippen molar-refractivity contribution in [3.63, 3.8) is 0 Å². The number of methoxy groups -OCH3 is 2. The van der Waals surface area contributed by atoms with Crippen LogP contribution >= 0.6 is 0 Å². The number of nitrogens with one attached hydrogen (secondary N) is 1. The van der Waals surface area contributed by atoms with Gasteiger partial charge in [0.15, 0.2) is 11.5 Å². The van der Waals surface area contributed by atoms with Crippen LogP contribution in [0.25, 0.3) is 0 Å². The van der Waals surface area contributed by atoms with Crippen molar-refractivity contribution in [1.82, 2.24) is 4.72 Å². The first-order valence-corrected chi connectivity index (χ1v) is 8.17. The van der Waals surface area contributed by atoms with Crippen LogP contribution < -0.4 is 14.2 Å². The van der Waals surface area contributed by atoms with Crippen LogP contribution in [0.4, 0.5) is 0 Å². The van der Waals surface area contributed by atoms with Crippen LogP contribution in [-0.4, -0.2) is 40.9 Å². The molecule has 1 atom stereocenters. The number of benzene rings is 1. The molecule has 21 heavy (non-hydrogen) atoms. The van der Waals surface area contributed by atoms with E-state index in [0.29, 0.717) is 23.5 Å². The smallest absolute Gasteiger partial charge is 0.240 e. The molecule has 0 fully saturated rings. The van der Waals surface area contributed by atoms with Gasteiger partial charge in [0.25, 0.3) is 0 Å². The van der Waals surface area contributed by atoms with Gasteiger partial charge in [-0.3, -0.25) is 0 Å². The topological polar surface area (TPSA) is 84.9 Å². The zero-order valence-corrected chi connectivity index (χ0v) is 13.7. The molecule has 1 aromatic rings. The van der Waals surface area contributed by atoms with Crippen LogP contribution in [0.15, 0.2) is 17.0 Å². The highest BCUT2D eigenvalue weighted by atomic mass is 32.2. The summed E-state index contributed by atoms with van der Waals surface area (Å²) in [5.41, 5.74) is 0.579. The number of ether oxygens (including phenoxy) is 2. The first-order chi connectivity index (χ1) is 9.85. The zero-order chi connectivity index (χ0) is 16.0. The van der Waals surface area contributed by atoms with Crippen molar-refractivity contribution in [2.75, 3.05) is 27.4 Å². The third-order valence-corrected chi connectivity index (χ3v) is 4.78. The van der Waals surface area contributed by atoms with E-state index >= 15 is 0 Å². The molecular weight excluding hydrogens is 294 g/mol. The minimum atomic E-state index is -3.63. The molecule has 7 heteroatoms. The van der Waals surface area contributed by atoms with Crippen LogP contribution in [0.3, 0.4) is 0 Å². The highest BCUT2D eigenvalue weighted by molar-refractivity contribution is 7.89. The van der Waals surface area contributed by atoms with E-state index in [1.54, 1.807) is 13.0 Å². The van der Waals surface area contributed by atoms with Gasteiger partial charge < -0.3 is 14.6 Å². The molecule has 0 aliphatic heterocycles. The molecule has 2 N–H and O–H groups in total. The van der Waals surface area contributed by atoms with Gasteiger partial charge in [-0.1, -0.05) is 6.92 Å². The Bertz CT molecular complexity index is 571. The molecule has 0 heterocycles. The number of aliphatic hydroxyl groups is 1. The van der Waals surface area contributed by atoms with Gasteiger partial charge in [0.2, 0.25) is 10.0 Å².